The van der Waals surface area contributed by atoms with Gasteiger partial charge in [0.2, 0.25) is 5.91 Å². The van der Waals surface area contributed by atoms with E-state index in [1.54, 1.807) is 5.57 Å². The Balaban J connectivity index is 1.48. The number of hydrogen-bond acceptors (Lipinski definition) is 4. The Morgan fingerprint density at radius 2 is 1.92 bits per heavy atom. The van der Waals surface area contributed by atoms with Crippen LogP contribution in [0.5, 0.6) is 0 Å². The lowest BCUT2D eigenvalue weighted by atomic mass is 10.1. The van der Waals surface area contributed by atoms with Crippen molar-refractivity contribution in [1.29, 1.82) is 0 Å². The summed E-state index contributed by atoms with van der Waals surface area (Å²) in [5.74, 6) is -0.291. The van der Waals surface area contributed by atoms with Crippen LogP contribution >= 0.6 is 11.9 Å². The number of benzene rings is 1. The average Bonchev–Trinajstić information content (AvgIpc) is 3.28. The highest BCUT2D eigenvalue weighted by molar-refractivity contribution is 7.97. The Morgan fingerprint density at radius 3 is 2.65 bits per heavy atom. The van der Waals surface area contributed by atoms with Crippen LogP contribution in [0.2, 0.25) is 0 Å². The van der Waals surface area contributed by atoms with Crippen molar-refractivity contribution < 1.29 is 4.79 Å². The number of primary amides is 1. The van der Waals surface area contributed by atoms with Crippen LogP contribution in [0.1, 0.15) is 50.5 Å². The second-order valence-electron chi connectivity index (χ2n) is 7.53. The molecule has 138 valence electrons. The van der Waals surface area contributed by atoms with Crippen molar-refractivity contribution in [2.75, 3.05) is 11.9 Å². The number of nitrogens with zero attached hydrogens (tertiary/aromatic N) is 1. The number of rotatable bonds is 6. The van der Waals surface area contributed by atoms with E-state index in [9.17, 15) is 4.79 Å². The van der Waals surface area contributed by atoms with Crippen molar-refractivity contribution in [1.82, 2.24) is 4.31 Å². The average molecular weight is 370 g/mol. The molecule has 3 N–H and O–H groups in total. The van der Waals surface area contributed by atoms with Gasteiger partial charge in [0.25, 0.3) is 0 Å². The van der Waals surface area contributed by atoms with Crippen LogP contribution in [-0.4, -0.2) is 22.0 Å². The van der Waals surface area contributed by atoms with E-state index in [-0.39, 0.29) is 5.91 Å². The summed E-state index contributed by atoms with van der Waals surface area (Å²) >= 11 is 2.03. The normalized spacial score (nSPS) is 20.3. The molecule has 0 unspecified atom stereocenters. The third-order valence-corrected chi connectivity index (χ3v) is 6.75. The topological polar surface area (TPSA) is 58.4 Å². The van der Waals surface area contributed by atoms with E-state index in [4.69, 9.17) is 5.73 Å². The van der Waals surface area contributed by atoms with E-state index in [2.05, 4.69) is 15.8 Å². The van der Waals surface area contributed by atoms with E-state index in [0.717, 1.165) is 23.0 Å². The first-order valence-corrected chi connectivity index (χ1v) is 10.5. The Morgan fingerprint density at radius 1 is 1.15 bits per heavy atom. The van der Waals surface area contributed by atoms with Gasteiger partial charge in [-0.3, -0.25) is 4.79 Å². The monoisotopic (exact) mass is 369 g/mol. The molecule has 0 bridgehead atoms. The molecule has 1 amide bonds. The van der Waals surface area contributed by atoms with Gasteiger partial charge in [0, 0.05) is 17.1 Å². The Kier molecular flexibility index (Phi) is 5.25. The van der Waals surface area contributed by atoms with Gasteiger partial charge in [-0.25, -0.2) is 0 Å². The fourth-order valence-corrected chi connectivity index (χ4v) is 5.51. The predicted molar refractivity (Wildman–Crippen MR) is 108 cm³/mol. The van der Waals surface area contributed by atoms with Gasteiger partial charge in [-0.2, -0.15) is 0 Å². The summed E-state index contributed by atoms with van der Waals surface area (Å²) in [4.78, 5) is 11.1. The first-order valence-electron chi connectivity index (χ1n) is 9.68. The molecule has 2 aliphatic carbocycles. The second kappa shape index (κ2) is 7.78. The molecule has 1 saturated carbocycles. The Bertz CT molecular complexity index is 732. The van der Waals surface area contributed by atoms with Gasteiger partial charge >= 0.3 is 0 Å². The fourth-order valence-electron chi connectivity index (χ4n) is 4.18. The molecule has 0 radical (unpaired) electrons. The van der Waals surface area contributed by atoms with Gasteiger partial charge in [0.05, 0.1) is 18.7 Å². The summed E-state index contributed by atoms with van der Waals surface area (Å²) in [6.07, 6.45) is 11.7. The van der Waals surface area contributed by atoms with E-state index in [1.807, 2.05) is 36.2 Å². The molecule has 4 rings (SSSR count). The summed E-state index contributed by atoms with van der Waals surface area (Å²) in [5.41, 5.74) is 11.7. The van der Waals surface area contributed by atoms with Crippen molar-refractivity contribution in [2.45, 2.75) is 56.6 Å². The zero-order chi connectivity index (χ0) is 17.9. The first kappa shape index (κ1) is 17.5. The van der Waals surface area contributed by atoms with Crippen LogP contribution in [0, 0.1) is 0 Å². The first-order chi connectivity index (χ1) is 12.7. The summed E-state index contributed by atoms with van der Waals surface area (Å²) in [6, 6.07) is 8.03. The van der Waals surface area contributed by atoms with Crippen LogP contribution in [0.25, 0.3) is 0 Å². The SMILES string of the molecule is NC(=O)Cc1ccc(NC2=CN(SC3CCCC3)CC3=C2CCC3)cc1. The fraction of sp³-hybridized carbons (Fsp3) is 0.476. The molecule has 1 aliphatic heterocycles. The lowest BCUT2D eigenvalue weighted by molar-refractivity contribution is -0.117. The van der Waals surface area contributed by atoms with Crippen molar-refractivity contribution in [2.24, 2.45) is 5.73 Å². The number of hydrogen-bond donors (Lipinski definition) is 2. The van der Waals surface area contributed by atoms with Crippen molar-refractivity contribution >= 4 is 23.5 Å². The van der Waals surface area contributed by atoms with Gasteiger partial charge in [-0.05, 0) is 72.9 Å². The van der Waals surface area contributed by atoms with E-state index in [1.165, 1.54) is 56.2 Å². The van der Waals surface area contributed by atoms with Gasteiger partial charge in [0.15, 0.2) is 0 Å². The number of allylic oxidation sites excluding steroid dienone is 1. The maximum absolute atomic E-state index is 11.1. The molecule has 0 spiro atoms. The maximum Gasteiger partial charge on any atom is 0.221 e. The predicted octanol–water partition coefficient (Wildman–Crippen LogP) is 4.35. The maximum atomic E-state index is 11.1. The van der Waals surface area contributed by atoms with E-state index in [0.29, 0.717) is 6.42 Å². The Labute approximate surface area is 160 Å². The number of amides is 1. The van der Waals surface area contributed by atoms with Crippen LogP contribution in [0.3, 0.4) is 0 Å². The quantitative estimate of drug-likeness (QED) is 0.732. The molecular weight excluding hydrogens is 342 g/mol. The number of anilines is 1. The van der Waals surface area contributed by atoms with E-state index < -0.39 is 0 Å². The highest BCUT2D eigenvalue weighted by Gasteiger charge is 2.27. The zero-order valence-electron chi connectivity index (χ0n) is 15.2. The minimum atomic E-state index is -0.291. The molecule has 1 fully saturated rings. The molecule has 0 atom stereocenters. The second-order valence-corrected chi connectivity index (χ2v) is 8.88. The third kappa shape index (κ3) is 4.09. The number of carbonyl (C=O) groups is 1. The summed E-state index contributed by atoms with van der Waals surface area (Å²) in [7, 11) is 0. The van der Waals surface area contributed by atoms with Crippen molar-refractivity contribution in [3.63, 3.8) is 0 Å². The number of nitrogens with one attached hydrogen (secondary N) is 1. The summed E-state index contributed by atoms with van der Waals surface area (Å²) < 4.78 is 2.45. The molecule has 26 heavy (non-hydrogen) atoms. The third-order valence-electron chi connectivity index (χ3n) is 5.47. The Hall–Kier alpha value is -1.88. The standard InChI is InChI=1S/C21H27N3OS/c22-21(25)12-15-8-10-17(11-9-15)23-20-14-24(26-18-5-1-2-6-18)13-16-4-3-7-19(16)20/h8-11,14,18,23H,1-7,12-13H2,(H2,22,25). The van der Waals surface area contributed by atoms with Crippen molar-refractivity contribution in [3.05, 3.63) is 52.9 Å². The van der Waals surface area contributed by atoms with Gasteiger partial charge in [-0.1, -0.05) is 25.0 Å². The van der Waals surface area contributed by atoms with Crippen LogP contribution in [0.15, 0.2) is 47.3 Å². The molecule has 0 saturated heterocycles. The highest BCUT2D eigenvalue weighted by Crippen LogP contribution is 2.40. The van der Waals surface area contributed by atoms with Crippen molar-refractivity contribution in [3.8, 4) is 0 Å². The number of nitrogens with two attached hydrogens (primary N) is 1. The molecule has 5 heteroatoms. The molecule has 4 nitrogen and oxygen atoms in total. The molecule has 3 aliphatic rings. The summed E-state index contributed by atoms with van der Waals surface area (Å²) in [6.45, 7) is 1.08. The largest absolute Gasteiger partial charge is 0.369 e. The minimum absolute atomic E-state index is 0.291. The van der Waals surface area contributed by atoms with Gasteiger partial charge in [0.1, 0.15) is 0 Å². The summed E-state index contributed by atoms with van der Waals surface area (Å²) in [5, 5.41) is 4.40. The molecular formula is C21H27N3OS. The lowest BCUT2D eigenvalue weighted by Crippen LogP contribution is -2.23. The van der Waals surface area contributed by atoms with Crippen LogP contribution in [-0.2, 0) is 11.2 Å². The van der Waals surface area contributed by atoms with Crippen LogP contribution < -0.4 is 11.1 Å². The number of carbonyl (C=O) groups excluding carboxylic acids is 1. The molecule has 1 aromatic rings. The molecule has 1 aromatic carbocycles. The lowest BCUT2D eigenvalue weighted by Gasteiger charge is -2.30. The molecule has 0 aromatic heterocycles. The smallest absolute Gasteiger partial charge is 0.221 e. The zero-order valence-corrected chi connectivity index (χ0v) is 16.0. The van der Waals surface area contributed by atoms with Crippen LogP contribution in [0.4, 0.5) is 5.69 Å². The van der Waals surface area contributed by atoms with Gasteiger partial charge < -0.3 is 15.4 Å². The molecule has 1 heterocycles. The van der Waals surface area contributed by atoms with E-state index >= 15 is 0 Å². The van der Waals surface area contributed by atoms with Gasteiger partial charge in [-0.15, -0.1) is 0 Å². The minimum Gasteiger partial charge on any atom is -0.369 e. The highest BCUT2D eigenvalue weighted by atomic mass is 32.2.